The van der Waals surface area contributed by atoms with Gasteiger partial charge in [-0.05, 0) is 11.1 Å². The smallest absolute Gasteiger partial charge is 0.172 e. The summed E-state index contributed by atoms with van der Waals surface area (Å²) < 4.78 is 0.249. The summed E-state index contributed by atoms with van der Waals surface area (Å²) in [7, 11) is 0. The minimum atomic E-state index is -0.0193. The fraction of sp³-hybridized carbons (Fsp3) is 0.133. The first-order valence-corrected chi connectivity index (χ1v) is 6.86. The number of carbonyl (C=O) groups is 1. The summed E-state index contributed by atoms with van der Waals surface area (Å²) in [4.78, 5) is 12.4. The van der Waals surface area contributed by atoms with Gasteiger partial charge in [0.2, 0.25) is 0 Å². The predicted molar refractivity (Wildman–Crippen MR) is 76.7 cm³/mol. The van der Waals surface area contributed by atoms with Crippen molar-refractivity contribution in [2.24, 2.45) is 0 Å². The van der Waals surface area contributed by atoms with Crippen molar-refractivity contribution in [2.75, 3.05) is 0 Å². The third-order valence-electron chi connectivity index (χ3n) is 3.26. The number of ketones is 1. The van der Waals surface area contributed by atoms with Crippen molar-refractivity contribution in [2.45, 2.75) is 9.84 Å². The monoisotopic (exact) mass is 334 g/mol. The van der Waals surface area contributed by atoms with E-state index in [4.69, 9.17) is 0 Å². The molecule has 84 valence electrons. The SMILES string of the molecule is O=C1c2ccccc2C(I)C1c1ccccc1. The molecule has 0 aliphatic heterocycles. The number of halogens is 1. The van der Waals surface area contributed by atoms with Crippen molar-refractivity contribution >= 4 is 28.4 Å². The highest BCUT2D eigenvalue weighted by Gasteiger charge is 2.38. The molecule has 1 aliphatic rings. The largest absolute Gasteiger partial charge is 0.293 e. The van der Waals surface area contributed by atoms with E-state index < -0.39 is 0 Å². The third-order valence-corrected chi connectivity index (χ3v) is 4.65. The van der Waals surface area contributed by atoms with Gasteiger partial charge in [0.05, 0.1) is 9.84 Å². The average Bonchev–Trinajstić information content (AvgIpc) is 2.64. The molecule has 0 heterocycles. The molecule has 2 aromatic rings. The molecule has 0 radical (unpaired) electrons. The number of alkyl halides is 1. The number of Topliss-reactive ketones (excluding diaryl/α,β-unsaturated/α-hetero) is 1. The van der Waals surface area contributed by atoms with Crippen molar-refractivity contribution in [1.29, 1.82) is 0 Å². The van der Waals surface area contributed by atoms with Crippen LogP contribution in [-0.2, 0) is 0 Å². The lowest BCUT2D eigenvalue weighted by molar-refractivity contribution is 0.0973. The van der Waals surface area contributed by atoms with Crippen LogP contribution in [0, 0.1) is 0 Å². The summed E-state index contributed by atoms with van der Waals surface area (Å²) in [6, 6.07) is 18.0. The molecule has 0 amide bonds. The van der Waals surface area contributed by atoms with E-state index in [1.54, 1.807) is 0 Å². The molecule has 2 atom stereocenters. The second kappa shape index (κ2) is 4.26. The maximum atomic E-state index is 12.4. The molecular formula is C15H11IO. The quantitative estimate of drug-likeness (QED) is 0.566. The van der Waals surface area contributed by atoms with Gasteiger partial charge < -0.3 is 0 Å². The third kappa shape index (κ3) is 1.71. The van der Waals surface area contributed by atoms with Crippen molar-refractivity contribution in [1.82, 2.24) is 0 Å². The first-order chi connectivity index (χ1) is 8.29. The Hall–Kier alpha value is -1.16. The Balaban J connectivity index is 2.10. The summed E-state index contributed by atoms with van der Waals surface area (Å²) in [5, 5.41) is 0. The highest BCUT2D eigenvalue weighted by atomic mass is 127. The molecule has 0 bridgehead atoms. The van der Waals surface area contributed by atoms with E-state index in [0.29, 0.717) is 0 Å². The van der Waals surface area contributed by atoms with Crippen molar-refractivity contribution in [3.63, 3.8) is 0 Å². The van der Waals surface area contributed by atoms with E-state index in [-0.39, 0.29) is 15.6 Å². The standard InChI is InChI=1S/C15H11IO/c16-14-11-8-4-5-9-12(11)15(17)13(14)10-6-2-1-3-7-10/h1-9,13-14H. The first kappa shape index (κ1) is 11.0. The lowest BCUT2D eigenvalue weighted by Crippen LogP contribution is -2.08. The van der Waals surface area contributed by atoms with Crippen LogP contribution in [0.1, 0.15) is 31.3 Å². The fourth-order valence-corrected chi connectivity index (χ4v) is 3.71. The van der Waals surface area contributed by atoms with E-state index in [1.165, 1.54) is 5.56 Å². The number of fused-ring (bicyclic) bond motifs is 1. The second-order valence-corrected chi connectivity index (χ2v) is 5.58. The van der Waals surface area contributed by atoms with E-state index >= 15 is 0 Å². The Bertz CT molecular complexity index is 562. The molecule has 0 N–H and O–H groups in total. The van der Waals surface area contributed by atoms with Crippen LogP contribution in [0.2, 0.25) is 0 Å². The molecule has 0 saturated heterocycles. The minimum absolute atomic E-state index is 0.0193. The van der Waals surface area contributed by atoms with Crippen LogP contribution in [0.5, 0.6) is 0 Å². The summed E-state index contributed by atoms with van der Waals surface area (Å²) in [6.07, 6.45) is 0. The van der Waals surface area contributed by atoms with Crippen molar-refractivity contribution < 1.29 is 4.79 Å². The molecular weight excluding hydrogens is 323 g/mol. The Morgan fingerprint density at radius 3 is 2.24 bits per heavy atom. The molecule has 0 aromatic heterocycles. The zero-order valence-electron chi connectivity index (χ0n) is 9.14. The summed E-state index contributed by atoms with van der Waals surface area (Å²) >= 11 is 2.38. The van der Waals surface area contributed by atoms with Crippen molar-refractivity contribution in [3.05, 3.63) is 71.3 Å². The number of rotatable bonds is 1. The minimum Gasteiger partial charge on any atom is -0.293 e. The maximum Gasteiger partial charge on any atom is 0.172 e. The highest BCUT2D eigenvalue weighted by Crippen LogP contribution is 2.47. The van der Waals surface area contributed by atoms with E-state index in [2.05, 4.69) is 28.7 Å². The van der Waals surface area contributed by atoms with E-state index in [9.17, 15) is 4.79 Å². The molecule has 1 nitrogen and oxygen atoms in total. The predicted octanol–water partition coefficient (Wildman–Crippen LogP) is 4.14. The normalized spacial score (nSPS) is 22.5. The van der Waals surface area contributed by atoms with Crippen LogP contribution in [0.15, 0.2) is 54.6 Å². The summed E-state index contributed by atoms with van der Waals surface area (Å²) in [5.41, 5.74) is 3.18. The summed E-state index contributed by atoms with van der Waals surface area (Å²) in [6.45, 7) is 0. The number of benzene rings is 2. The highest BCUT2D eigenvalue weighted by molar-refractivity contribution is 14.1. The Morgan fingerprint density at radius 2 is 1.53 bits per heavy atom. The van der Waals surface area contributed by atoms with Gasteiger partial charge >= 0.3 is 0 Å². The van der Waals surface area contributed by atoms with Gasteiger partial charge in [0.25, 0.3) is 0 Å². The van der Waals surface area contributed by atoms with Gasteiger partial charge in [0.15, 0.2) is 5.78 Å². The molecule has 2 heteroatoms. The van der Waals surface area contributed by atoms with Gasteiger partial charge in [0.1, 0.15) is 0 Å². The average molecular weight is 334 g/mol. The molecule has 0 fully saturated rings. The number of hydrogen-bond acceptors (Lipinski definition) is 1. The van der Waals surface area contributed by atoms with Crippen LogP contribution in [0.4, 0.5) is 0 Å². The lowest BCUT2D eigenvalue weighted by Gasteiger charge is -2.13. The Labute approximate surface area is 114 Å². The molecule has 2 unspecified atom stereocenters. The lowest BCUT2D eigenvalue weighted by atomic mass is 9.95. The van der Waals surface area contributed by atoms with Gasteiger partial charge in [0, 0.05) is 5.56 Å². The maximum absolute atomic E-state index is 12.4. The van der Waals surface area contributed by atoms with Gasteiger partial charge in [-0.15, -0.1) is 0 Å². The fourth-order valence-electron chi connectivity index (χ4n) is 2.42. The van der Waals surface area contributed by atoms with Gasteiger partial charge in [-0.25, -0.2) is 0 Å². The zero-order valence-corrected chi connectivity index (χ0v) is 11.3. The Kier molecular flexibility index (Phi) is 2.74. The van der Waals surface area contributed by atoms with E-state index in [0.717, 1.165) is 11.1 Å². The first-order valence-electron chi connectivity index (χ1n) is 5.61. The number of hydrogen-bond donors (Lipinski definition) is 0. The van der Waals surface area contributed by atoms with Gasteiger partial charge in [-0.1, -0.05) is 77.2 Å². The summed E-state index contributed by atoms with van der Waals surface area (Å²) in [5.74, 6) is 0.236. The van der Waals surface area contributed by atoms with Crippen LogP contribution in [-0.4, -0.2) is 5.78 Å². The van der Waals surface area contributed by atoms with Crippen LogP contribution in [0.25, 0.3) is 0 Å². The Morgan fingerprint density at radius 1 is 0.882 bits per heavy atom. The molecule has 0 spiro atoms. The molecule has 2 aromatic carbocycles. The van der Waals surface area contributed by atoms with Gasteiger partial charge in [-0.2, -0.15) is 0 Å². The number of carbonyl (C=O) groups excluding carboxylic acids is 1. The topological polar surface area (TPSA) is 17.1 Å². The van der Waals surface area contributed by atoms with Crippen molar-refractivity contribution in [3.8, 4) is 0 Å². The molecule has 1 aliphatic carbocycles. The molecule has 17 heavy (non-hydrogen) atoms. The van der Waals surface area contributed by atoms with Crippen LogP contribution in [0.3, 0.4) is 0 Å². The van der Waals surface area contributed by atoms with E-state index in [1.807, 2.05) is 48.5 Å². The van der Waals surface area contributed by atoms with Crippen LogP contribution >= 0.6 is 22.6 Å². The molecule has 0 saturated carbocycles. The molecule has 3 rings (SSSR count). The zero-order chi connectivity index (χ0) is 11.8. The second-order valence-electron chi connectivity index (χ2n) is 4.24. The van der Waals surface area contributed by atoms with Gasteiger partial charge in [-0.3, -0.25) is 4.79 Å². The van der Waals surface area contributed by atoms with Crippen LogP contribution < -0.4 is 0 Å².